The van der Waals surface area contributed by atoms with E-state index < -0.39 is 0 Å². The lowest BCUT2D eigenvalue weighted by atomic mass is 9.92. The number of fused-ring (bicyclic) bond motifs is 1. The van der Waals surface area contributed by atoms with Crippen LogP contribution in [-0.2, 0) is 0 Å². The van der Waals surface area contributed by atoms with Crippen molar-refractivity contribution >= 4 is 15.9 Å². The third kappa shape index (κ3) is 2.01. The van der Waals surface area contributed by atoms with E-state index in [1.54, 1.807) is 0 Å². The molecule has 4 atom stereocenters. The van der Waals surface area contributed by atoms with Gasteiger partial charge in [0, 0.05) is 17.2 Å². The minimum Gasteiger partial charge on any atom is -0.0877 e. The zero-order valence-corrected chi connectivity index (χ0v) is 11.4. The molecular weight excluding hydrogens is 272 g/mol. The van der Waals surface area contributed by atoms with Crippen molar-refractivity contribution in [1.82, 2.24) is 0 Å². The molecule has 2 aliphatic carbocycles. The fourth-order valence-electron chi connectivity index (χ4n) is 2.67. The summed E-state index contributed by atoms with van der Waals surface area (Å²) < 4.78 is 0. The van der Waals surface area contributed by atoms with Gasteiger partial charge in [0.15, 0.2) is 0 Å². The van der Waals surface area contributed by atoms with Crippen LogP contribution in [0.2, 0.25) is 0 Å². The van der Waals surface area contributed by atoms with Crippen LogP contribution in [0, 0.1) is 25.2 Å². The molecule has 2 aliphatic rings. The molecule has 0 amide bonds. The van der Waals surface area contributed by atoms with Crippen molar-refractivity contribution in [3.63, 3.8) is 0 Å². The minimum atomic E-state index is 0.401. The van der Waals surface area contributed by atoms with Gasteiger partial charge in [0.25, 0.3) is 0 Å². The predicted molar refractivity (Wildman–Crippen MR) is 75.1 cm³/mol. The van der Waals surface area contributed by atoms with E-state index in [1.807, 2.05) is 0 Å². The first-order valence-corrected chi connectivity index (χ1v) is 6.99. The highest BCUT2D eigenvalue weighted by molar-refractivity contribution is 9.09. The summed E-state index contributed by atoms with van der Waals surface area (Å²) in [5, 5.41) is 0. The Morgan fingerprint density at radius 2 is 1.76 bits per heavy atom. The molecular formula is C16H15Br. The van der Waals surface area contributed by atoms with E-state index in [4.69, 9.17) is 0 Å². The molecule has 1 fully saturated rings. The standard InChI is InChI=1S/C16H15Br/c1-11-6-8-12(9-7-11)15-10-13-4-2-3-5-14(13)16(15)17/h2-9,13-16H,1H3. The van der Waals surface area contributed by atoms with Crippen molar-refractivity contribution in [2.75, 3.05) is 0 Å². The molecule has 0 spiro atoms. The van der Waals surface area contributed by atoms with Gasteiger partial charge in [0.05, 0.1) is 0 Å². The van der Waals surface area contributed by atoms with Gasteiger partial charge in [-0.25, -0.2) is 0 Å². The van der Waals surface area contributed by atoms with E-state index in [9.17, 15) is 0 Å². The van der Waals surface area contributed by atoms with Crippen molar-refractivity contribution in [3.05, 3.63) is 66.1 Å². The lowest BCUT2D eigenvalue weighted by Crippen LogP contribution is -2.14. The second-order valence-corrected chi connectivity index (χ2v) is 5.93. The fraction of sp³-hybridized carbons (Fsp3) is 0.312. The molecule has 0 aliphatic heterocycles. The number of hydrogen-bond donors (Lipinski definition) is 0. The number of aryl methyl sites for hydroxylation is 1. The molecule has 0 saturated heterocycles. The first kappa shape index (κ1) is 11.3. The van der Waals surface area contributed by atoms with E-state index in [-0.39, 0.29) is 0 Å². The maximum Gasteiger partial charge on any atom is 0.0289 e. The second kappa shape index (κ2) is 4.45. The second-order valence-electron chi connectivity index (χ2n) is 4.87. The number of alkyl halides is 1. The van der Waals surface area contributed by atoms with Crippen molar-refractivity contribution in [3.8, 4) is 0 Å². The van der Waals surface area contributed by atoms with Crippen molar-refractivity contribution in [1.29, 1.82) is 0 Å². The SMILES string of the molecule is Cc1ccc(C2[C]C3C=CC=CC3C2Br)cc1. The molecule has 0 heterocycles. The Kier molecular flexibility index (Phi) is 2.96. The predicted octanol–water partition coefficient (Wildman–Crippen LogP) is 4.30. The van der Waals surface area contributed by atoms with Crippen LogP contribution in [0.5, 0.6) is 0 Å². The van der Waals surface area contributed by atoms with Gasteiger partial charge in [-0.15, -0.1) is 0 Å². The Bertz CT molecular complexity index is 455. The largest absolute Gasteiger partial charge is 0.0877 e. The highest BCUT2D eigenvalue weighted by Crippen LogP contribution is 2.48. The topological polar surface area (TPSA) is 0 Å². The highest BCUT2D eigenvalue weighted by Gasteiger charge is 2.41. The molecule has 0 nitrogen and oxygen atoms in total. The van der Waals surface area contributed by atoms with Crippen LogP contribution in [-0.4, -0.2) is 4.83 Å². The van der Waals surface area contributed by atoms with Crippen molar-refractivity contribution < 1.29 is 0 Å². The van der Waals surface area contributed by atoms with Crippen LogP contribution in [0.1, 0.15) is 17.0 Å². The molecule has 0 bridgehead atoms. The molecule has 2 radical (unpaired) electrons. The molecule has 0 aromatic heterocycles. The zero-order valence-electron chi connectivity index (χ0n) is 9.81. The van der Waals surface area contributed by atoms with Gasteiger partial charge in [-0.05, 0) is 24.3 Å². The van der Waals surface area contributed by atoms with E-state index in [0.29, 0.717) is 22.6 Å². The van der Waals surface area contributed by atoms with E-state index in [2.05, 4.69) is 77.8 Å². The third-order valence-electron chi connectivity index (χ3n) is 3.67. The van der Waals surface area contributed by atoms with Crippen LogP contribution >= 0.6 is 15.9 Å². The Hall–Kier alpha value is -0.820. The quantitative estimate of drug-likeness (QED) is 0.676. The average Bonchev–Trinajstić information content (AvgIpc) is 2.69. The van der Waals surface area contributed by atoms with Crippen LogP contribution in [0.15, 0.2) is 48.6 Å². The summed E-state index contributed by atoms with van der Waals surface area (Å²) >= 11 is 3.85. The number of allylic oxidation sites excluding steroid dienone is 4. The Morgan fingerprint density at radius 1 is 1.06 bits per heavy atom. The van der Waals surface area contributed by atoms with Gasteiger partial charge >= 0.3 is 0 Å². The molecule has 1 aromatic carbocycles. The van der Waals surface area contributed by atoms with Gasteiger partial charge in [0.1, 0.15) is 0 Å². The summed E-state index contributed by atoms with van der Waals surface area (Å²) in [5.74, 6) is 1.43. The Morgan fingerprint density at radius 3 is 2.47 bits per heavy atom. The number of halogens is 1. The number of hydrogen-bond acceptors (Lipinski definition) is 0. The average molecular weight is 287 g/mol. The Balaban J connectivity index is 1.88. The summed E-state index contributed by atoms with van der Waals surface area (Å²) in [5.41, 5.74) is 2.68. The molecule has 0 N–H and O–H groups in total. The van der Waals surface area contributed by atoms with Crippen molar-refractivity contribution in [2.45, 2.75) is 17.7 Å². The molecule has 3 rings (SSSR count). The van der Waals surface area contributed by atoms with Gasteiger partial charge in [-0.3, -0.25) is 0 Å². The smallest absolute Gasteiger partial charge is 0.0289 e. The lowest BCUT2D eigenvalue weighted by Gasteiger charge is -2.19. The highest BCUT2D eigenvalue weighted by atomic mass is 79.9. The molecule has 17 heavy (non-hydrogen) atoms. The van der Waals surface area contributed by atoms with Gasteiger partial charge in [-0.2, -0.15) is 0 Å². The monoisotopic (exact) mass is 286 g/mol. The molecule has 1 aromatic rings. The van der Waals surface area contributed by atoms with Crippen LogP contribution in [0.25, 0.3) is 0 Å². The number of benzene rings is 1. The third-order valence-corrected chi connectivity index (χ3v) is 4.81. The first-order valence-electron chi connectivity index (χ1n) is 6.07. The summed E-state index contributed by atoms with van der Waals surface area (Å²) in [7, 11) is 0. The maximum atomic E-state index is 3.85. The van der Waals surface area contributed by atoms with Gasteiger partial charge in [-0.1, -0.05) is 70.1 Å². The minimum absolute atomic E-state index is 0.401. The maximum absolute atomic E-state index is 3.85. The summed E-state index contributed by atoms with van der Waals surface area (Å²) in [4.78, 5) is 0.469. The van der Waals surface area contributed by atoms with Crippen molar-refractivity contribution in [2.24, 2.45) is 11.8 Å². The van der Waals surface area contributed by atoms with E-state index in [0.717, 1.165) is 0 Å². The lowest BCUT2D eigenvalue weighted by molar-refractivity contribution is 0.598. The van der Waals surface area contributed by atoms with E-state index in [1.165, 1.54) is 11.1 Å². The molecule has 4 unspecified atom stereocenters. The van der Waals surface area contributed by atoms with Crippen LogP contribution in [0.4, 0.5) is 0 Å². The van der Waals surface area contributed by atoms with Gasteiger partial charge < -0.3 is 0 Å². The molecule has 1 heteroatoms. The fourth-order valence-corrected chi connectivity index (χ4v) is 3.63. The number of rotatable bonds is 1. The van der Waals surface area contributed by atoms with Crippen LogP contribution in [0.3, 0.4) is 0 Å². The summed E-state index contributed by atoms with van der Waals surface area (Å²) in [6.07, 6.45) is 12.5. The first-order chi connectivity index (χ1) is 8.25. The van der Waals surface area contributed by atoms with Gasteiger partial charge in [0.2, 0.25) is 0 Å². The van der Waals surface area contributed by atoms with E-state index >= 15 is 0 Å². The zero-order chi connectivity index (χ0) is 11.8. The summed E-state index contributed by atoms with van der Waals surface area (Å²) in [6.45, 7) is 2.13. The molecule has 86 valence electrons. The normalized spacial score (nSPS) is 34.9. The molecule has 1 saturated carbocycles. The Labute approximate surface area is 112 Å². The summed E-state index contributed by atoms with van der Waals surface area (Å²) in [6, 6.07) is 8.83. The van der Waals surface area contributed by atoms with Crippen LogP contribution < -0.4 is 0 Å².